The summed E-state index contributed by atoms with van der Waals surface area (Å²) < 4.78 is 22.5. The zero-order chi connectivity index (χ0) is 20.1. The van der Waals surface area contributed by atoms with Gasteiger partial charge in [0.1, 0.15) is 0 Å². The van der Waals surface area contributed by atoms with Crippen LogP contribution in [0.5, 0.6) is 0 Å². The summed E-state index contributed by atoms with van der Waals surface area (Å²) >= 11 is 1.21. The Balaban J connectivity index is 1.46. The van der Waals surface area contributed by atoms with E-state index in [1.165, 1.54) is 23.9 Å². The monoisotopic (exact) mass is 422 g/mol. The van der Waals surface area contributed by atoms with Gasteiger partial charge in [-0.2, -0.15) is 0 Å². The Morgan fingerprint density at radius 1 is 1.21 bits per heavy atom. The van der Waals surface area contributed by atoms with Gasteiger partial charge in [-0.1, -0.05) is 23.9 Å². The van der Waals surface area contributed by atoms with Crippen LogP contribution < -0.4 is 16.0 Å². The van der Waals surface area contributed by atoms with Crippen molar-refractivity contribution in [3.05, 3.63) is 51.4 Å². The Kier molecular flexibility index (Phi) is 6.53. The predicted octanol–water partition coefficient (Wildman–Crippen LogP) is 0.747. The van der Waals surface area contributed by atoms with Crippen LogP contribution in [-0.2, 0) is 34.1 Å². The molecule has 1 aliphatic carbocycles. The summed E-state index contributed by atoms with van der Waals surface area (Å²) in [4.78, 5) is 31.4. The Hall–Kier alpha value is -2.17. The zero-order valence-electron chi connectivity index (χ0n) is 15.2. The molecule has 0 fully saturated rings. The average Bonchev–Trinajstić information content (AvgIpc) is 2.66. The van der Waals surface area contributed by atoms with Crippen LogP contribution in [0.25, 0.3) is 0 Å². The standard InChI is InChI=1S/C18H22N4O4S2/c19-28(25,26)13-7-5-12(6-8-13)9-10-20-16(23)11-27-18-21-15-4-2-1-3-14(15)17(24)22-18/h5-8H,1-4,9-11H2,(H,20,23)(H2,19,25,26)(H,21,22,24). The maximum absolute atomic E-state index is 12.1. The zero-order valence-corrected chi connectivity index (χ0v) is 16.9. The molecule has 8 nitrogen and oxygen atoms in total. The van der Waals surface area contributed by atoms with Gasteiger partial charge in [-0.25, -0.2) is 18.5 Å². The van der Waals surface area contributed by atoms with Crippen LogP contribution in [0.1, 0.15) is 29.7 Å². The first kappa shape index (κ1) is 20.6. The minimum absolute atomic E-state index is 0.0585. The third-order valence-corrected chi connectivity index (χ3v) is 6.30. The lowest BCUT2D eigenvalue weighted by molar-refractivity contribution is -0.118. The number of nitrogens with two attached hydrogens (primary N) is 1. The number of hydrogen-bond donors (Lipinski definition) is 3. The van der Waals surface area contributed by atoms with E-state index in [1.807, 2.05) is 0 Å². The fourth-order valence-electron chi connectivity index (χ4n) is 3.03. The highest BCUT2D eigenvalue weighted by molar-refractivity contribution is 7.99. The van der Waals surface area contributed by atoms with Gasteiger partial charge in [0.15, 0.2) is 5.16 Å². The Morgan fingerprint density at radius 2 is 1.93 bits per heavy atom. The molecule has 0 spiro atoms. The van der Waals surface area contributed by atoms with E-state index in [-0.39, 0.29) is 22.1 Å². The number of amides is 1. The number of carbonyl (C=O) groups is 1. The molecule has 0 atom stereocenters. The molecule has 1 aromatic heterocycles. The first-order chi connectivity index (χ1) is 13.3. The number of hydrogen-bond acceptors (Lipinski definition) is 6. The molecule has 0 aliphatic heterocycles. The van der Waals surface area contributed by atoms with E-state index < -0.39 is 10.0 Å². The first-order valence-corrected chi connectivity index (χ1v) is 11.5. The summed E-state index contributed by atoms with van der Waals surface area (Å²) in [7, 11) is -3.70. The number of rotatable bonds is 7. The van der Waals surface area contributed by atoms with E-state index >= 15 is 0 Å². The van der Waals surface area contributed by atoms with Crippen molar-refractivity contribution in [1.29, 1.82) is 0 Å². The van der Waals surface area contributed by atoms with Crippen molar-refractivity contribution in [2.24, 2.45) is 5.14 Å². The summed E-state index contributed by atoms with van der Waals surface area (Å²) in [5, 5.41) is 8.33. The number of nitrogens with zero attached hydrogens (tertiary/aromatic N) is 1. The maximum atomic E-state index is 12.1. The molecule has 0 unspecified atom stereocenters. The molecule has 10 heteroatoms. The molecule has 1 amide bonds. The highest BCUT2D eigenvalue weighted by atomic mass is 32.2. The van der Waals surface area contributed by atoms with Crippen LogP contribution in [0.3, 0.4) is 0 Å². The topological polar surface area (TPSA) is 135 Å². The average molecular weight is 423 g/mol. The highest BCUT2D eigenvalue weighted by Crippen LogP contribution is 2.19. The lowest BCUT2D eigenvalue weighted by Gasteiger charge is -2.14. The second kappa shape index (κ2) is 8.89. The molecule has 3 rings (SSSR count). The Labute approximate surface area is 167 Å². The fraction of sp³-hybridized carbons (Fsp3) is 0.389. The molecule has 2 aromatic rings. The predicted molar refractivity (Wildman–Crippen MR) is 107 cm³/mol. The normalized spacial score (nSPS) is 13.8. The molecule has 4 N–H and O–H groups in total. The third-order valence-electron chi connectivity index (χ3n) is 4.50. The van der Waals surface area contributed by atoms with Gasteiger partial charge >= 0.3 is 0 Å². The molecule has 0 bridgehead atoms. The van der Waals surface area contributed by atoms with E-state index in [1.54, 1.807) is 12.1 Å². The molecule has 1 aromatic carbocycles. The quantitative estimate of drug-likeness (QED) is 0.445. The second-order valence-corrected chi connectivity index (χ2v) is 9.11. The van der Waals surface area contributed by atoms with E-state index in [2.05, 4.69) is 15.3 Å². The van der Waals surface area contributed by atoms with Crippen molar-refractivity contribution in [2.75, 3.05) is 12.3 Å². The number of aryl methyl sites for hydroxylation is 1. The third kappa shape index (κ3) is 5.43. The number of aromatic nitrogens is 2. The number of H-pyrrole nitrogens is 1. The second-order valence-electron chi connectivity index (χ2n) is 6.58. The van der Waals surface area contributed by atoms with Crippen molar-refractivity contribution in [3.8, 4) is 0 Å². The SMILES string of the molecule is NS(=O)(=O)c1ccc(CCNC(=O)CSc2nc3c(c(=O)[nH]2)CCCC3)cc1. The van der Waals surface area contributed by atoms with Gasteiger partial charge in [0, 0.05) is 12.1 Å². The van der Waals surface area contributed by atoms with Crippen molar-refractivity contribution >= 4 is 27.7 Å². The number of nitrogens with one attached hydrogen (secondary N) is 2. The maximum Gasteiger partial charge on any atom is 0.254 e. The number of carbonyl (C=O) groups excluding carboxylic acids is 1. The van der Waals surface area contributed by atoms with Crippen LogP contribution in [-0.4, -0.2) is 36.6 Å². The van der Waals surface area contributed by atoms with Crippen LogP contribution in [0.15, 0.2) is 39.1 Å². The molecule has 28 heavy (non-hydrogen) atoms. The Bertz CT molecular complexity index is 1020. The highest BCUT2D eigenvalue weighted by Gasteiger charge is 2.16. The van der Waals surface area contributed by atoms with Gasteiger partial charge in [0.2, 0.25) is 15.9 Å². The number of primary sulfonamides is 1. The van der Waals surface area contributed by atoms with Gasteiger partial charge in [-0.15, -0.1) is 0 Å². The van der Waals surface area contributed by atoms with Crippen LogP contribution in [0, 0.1) is 0 Å². The van der Waals surface area contributed by atoms with Crippen LogP contribution in [0.2, 0.25) is 0 Å². The molecule has 0 saturated carbocycles. The number of benzene rings is 1. The number of fused-ring (bicyclic) bond motifs is 1. The van der Waals surface area contributed by atoms with Gasteiger partial charge in [0.25, 0.3) is 5.56 Å². The van der Waals surface area contributed by atoms with Crippen molar-refractivity contribution in [1.82, 2.24) is 15.3 Å². The van der Waals surface area contributed by atoms with Gasteiger partial charge in [-0.3, -0.25) is 9.59 Å². The summed E-state index contributed by atoms with van der Waals surface area (Å²) in [6, 6.07) is 6.23. The van der Waals surface area contributed by atoms with Crippen molar-refractivity contribution < 1.29 is 13.2 Å². The largest absolute Gasteiger partial charge is 0.355 e. The van der Waals surface area contributed by atoms with Gasteiger partial charge in [0.05, 0.1) is 16.3 Å². The molecule has 150 valence electrons. The molecule has 1 heterocycles. The number of thioether (sulfide) groups is 1. The van der Waals surface area contributed by atoms with Crippen LogP contribution >= 0.6 is 11.8 Å². The number of aromatic amines is 1. The summed E-state index contributed by atoms with van der Waals surface area (Å²) in [6.45, 7) is 0.419. The lowest BCUT2D eigenvalue weighted by Crippen LogP contribution is -2.28. The summed E-state index contributed by atoms with van der Waals surface area (Å²) in [6.07, 6.45) is 4.18. The summed E-state index contributed by atoms with van der Waals surface area (Å²) in [5.74, 6) is -0.00181. The number of sulfonamides is 1. The molecular weight excluding hydrogens is 400 g/mol. The lowest BCUT2D eigenvalue weighted by atomic mass is 9.97. The fourth-order valence-corrected chi connectivity index (χ4v) is 4.25. The molecule has 0 saturated heterocycles. The van der Waals surface area contributed by atoms with E-state index in [0.717, 1.165) is 42.5 Å². The van der Waals surface area contributed by atoms with Gasteiger partial charge < -0.3 is 10.3 Å². The van der Waals surface area contributed by atoms with E-state index in [4.69, 9.17) is 5.14 Å². The molecule has 1 aliphatic rings. The van der Waals surface area contributed by atoms with Crippen molar-refractivity contribution in [3.63, 3.8) is 0 Å². The smallest absolute Gasteiger partial charge is 0.254 e. The van der Waals surface area contributed by atoms with E-state index in [0.29, 0.717) is 18.1 Å². The van der Waals surface area contributed by atoms with Crippen molar-refractivity contribution in [2.45, 2.75) is 42.2 Å². The van der Waals surface area contributed by atoms with E-state index in [9.17, 15) is 18.0 Å². The van der Waals surface area contributed by atoms with Gasteiger partial charge in [-0.05, 0) is 49.8 Å². The minimum atomic E-state index is -3.70. The molecular formula is C18H22N4O4S2. The van der Waals surface area contributed by atoms with Crippen LogP contribution in [0.4, 0.5) is 0 Å². The first-order valence-electron chi connectivity index (χ1n) is 8.96. The molecule has 0 radical (unpaired) electrons. The Morgan fingerprint density at radius 3 is 2.64 bits per heavy atom. The summed E-state index contributed by atoms with van der Waals surface area (Å²) in [5.41, 5.74) is 2.41. The minimum Gasteiger partial charge on any atom is -0.355 e.